The van der Waals surface area contributed by atoms with Crippen molar-refractivity contribution in [3.63, 3.8) is 0 Å². The number of likely N-dealkylation sites (tertiary alicyclic amines) is 1. The zero-order valence-corrected chi connectivity index (χ0v) is 22.1. The molecule has 1 N–H and O–H groups in total. The van der Waals surface area contributed by atoms with E-state index in [-0.39, 0.29) is 11.3 Å². The summed E-state index contributed by atoms with van der Waals surface area (Å²) in [6.07, 6.45) is 0.698. The highest BCUT2D eigenvalue weighted by Gasteiger charge is 2.45. The van der Waals surface area contributed by atoms with Gasteiger partial charge in [-0.25, -0.2) is 0 Å². The van der Waals surface area contributed by atoms with E-state index >= 15 is 0 Å². The van der Waals surface area contributed by atoms with Crippen molar-refractivity contribution in [1.29, 1.82) is 0 Å². The maximum absolute atomic E-state index is 13.1. The third kappa shape index (κ3) is 6.23. The second-order valence-electron chi connectivity index (χ2n) is 9.55. The van der Waals surface area contributed by atoms with Gasteiger partial charge in [-0.2, -0.15) is 0 Å². The lowest BCUT2D eigenvalue weighted by molar-refractivity contribution is -0.139. The number of amides is 1. The van der Waals surface area contributed by atoms with E-state index in [0.29, 0.717) is 37.5 Å². The Bertz CT molecular complexity index is 1290. The van der Waals surface area contributed by atoms with Gasteiger partial charge in [-0.1, -0.05) is 60.7 Å². The molecule has 4 rings (SSSR count). The smallest absolute Gasteiger partial charge is 0.295 e. The number of benzene rings is 3. The van der Waals surface area contributed by atoms with Crippen molar-refractivity contribution in [1.82, 2.24) is 9.80 Å². The molecule has 1 amide bonds. The first kappa shape index (κ1) is 26.9. The number of aliphatic hydroxyl groups is 1. The van der Waals surface area contributed by atoms with Gasteiger partial charge in [0.15, 0.2) is 0 Å². The fourth-order valence-electron chi connectivity index (χ4n) is 4.54. The summed E-state index contributed by atoms with van der Waals surface area (Å²) in [5, 5.41) is 11.1. The third-order valence-corrected chi connectivity index (χ3v) is 6.49. The summed E-state index contributed by atoms with van der Waals surface area (Å²) in [6, 6.07) is 23.3. The van der Waals surface area contributed by atoms with Crippen LogP contribution in [-0.4, -0.2) is 67.0 Å². The molecule has 0 spiro atoms. The number of aliphatic hydroxyl groups excluding tert-OH is 1. The second kappa shape index (κ2) is 12.4. The van der Waals surface area contributed by atoms with Crippen molar-refractivity contribution in [3.8, 4) is 11.5 Å². The van der Waals surface area contributed by atoms with Gasteiger partial charge in [0, 0.05) is 12.1 Å². The summed E-state index contributed by atoms with van der Waals surface area (Å²) >= 11 is 0. The lowest BCUT2D eigenvalue weighted by Crippen LogP contribution is -2.32. The van der Waals surface area contributed by atoms with Crippen molar-refractivity contribution in [2.45, 2.75) is 19.4 Å². The Morgan fingerprint density at radius 2 is 1.55 bits per heavy atom. The molecule has 1 atom stereocenters. The average molecular weight is 515 g/mol. The van der Waals surface area contributed by atoms with Crippen LogP contribution in [0.15, 0.2) is 84.4 Å². The first-order chi connectivity index (χ1) is 18.4. The van der Waals surface area contributed by atoms with Crippen LogP contribution in [0.25, 0.3) is 5.76 Å². The van der Waals surface area contributed by atoms with Crippen LogP contribution in [0, 0.1) is 6.92 Å². The molecule has 1 aliphatic heterocycles. The standard InChI is InChI=1S/C31H34N2O5/c1-22-10-7-8-13-26(22)38-21-20-37-25-16-14-23(15-17-25)28-27(29(34)24-11-5-4-6-12-24)30(35)31(36)33(28)19-9-18-32(2)3/h4-8,10-17,28,34H,9,18-21H2,1-3H3/t28-/m1/s1. The third-order valence-electron chi connectivity index (χ3n) is 6.49. The van der Waals surface area contributed by atoms with Crippen LogP contribution in [0.4, 0.5) is 0 Å². The molecule has 3 aromatic rings. The molecule has 0 saturated carbocycles. The molecule has 0 aromatic heterocycles. The van der Waals surface area contributed by atoms with Crippen molar-refractivity contribution in [3.05, 3.63) is 101 Å². The average Bonchev–Trinajstić information content (AvgIpc) is 3.17. The molecule has 0 unspecified atom stereocenters. The number of carbonyl (C=O) groups excluding carboxylic acids is 2. The predicted octanol–water partition coefficient (Wildman–Crippen LogP) is 4.83. The molecule has 1 heterocycles. The lowest BCUT2D eigenvalue weighted by Gasteiger charge is -2.26. The molecule has 7 nitrogen and oxygen atoms in total. The van der Waals surface area contributed by atoms with E-state index < -0.39 is 17.7 Å². The maximum atomic E-state index is 13.1. The largest absolute Gasteiger partial charge is 0.507 e. The number of hydrogen-bond donors (Lipinski definition) is 1. The van der Waals surface area contributed by atoms with E-state index in [9.17, 15) is 14.7 Å². The maximum Gasteiger partial charge on any atom is 0.295 e. The number of hydrogen-bond acceptors (Lipinski definition) is 6. The summed E-state index contributed by atoms with van der Waals surface area (Å²) in [5.41, 5.74) is 2.40. The quantitative estimate of drug-likeness (QED) is 0.171. The molecule has 1 aliphatic rings. The van der Waals surface area contributed by atoms with Gasteiger partial charge in [-0.15, -0.1) is 0 Å². The fraction of sp³-hybridized carbons (Fsp3) is 0.290. The summed E-state index contributed by atoms with van der Waals surface area (Å²) in [6.45, 7) is 3.93. The first-order valence-electron chi connectivity index (χ1n) is 12.8. The van der Waals surface area contributed by atoms with Crippen LogP contribution in [0.1, 0.15) is 29.2 Å². The molecular weight excluding hydrogens is 480 g/mol. The van der Waals surface area contributed by atoms with Crippen molar-refractivity contribution < 1.29 is 24.2 Å². The molecule has 0 bridgehead atoms. The highest BCUT2D eigenvalue weighted by Crippen LogP contribution is 2.39. The predicted molar refractivity (Wildman–Crippen MR) is 147 cm³/mol. The number of ketones is 1. The van der Waals surface area contributed by atoms with Crippen LogP contribution in [-0.2, 0) is 9.59 Å². The molecule has 38 heavy (non-hydrogen) atoms. The minimum atomic E-state index is -0.684. The van der Waals surface area contributed by atoms with E-state index in [1.807, 2.05) is 80.5 Å². The normalized spacial score (nSPS) is 16.7. The summed E-state index contributed by atoms with van der Waals surface area (Å²) in [4.78, 5) is 29.8. The molecule has 1 saturated heterocycles. The number of ether oxygens (including phenoxy) is 2. The topological polar surface area (TPSA) is 79.3 Å². The molecule has 0 aliphatic carbocycles. The summed E-state index contributed by atoms with van der Waals surface area (Å²) in [7, 11) is 3.93. The van der Waals surface area contributed by atoms with Gasteiger partial charge in [0.1, 0.15) is 30.5 Å². The first-order valence-corrected chi connectivity index (χ1v) is 12.8. The van der Waals surface area contributed by atoms with Crippen LogP contribution in [0.5, 0.6) is 11.5 Å². The highest BCUT2D eigenvalue weighted by atomic mass is 16.5. The minimum Gasteiger partial charge on any atom is -0.507 e. The van der Waals surface area contributed by atoms with E-state index in [2.05, 4.69) is 0 Å². The fourth-order valence-corrected chi connectivity index (χ4v) is 4.54. The monoisotopic (exact) mass is 514 g/mol. The van der Waals surface area contributed by atoms with E-state index in [0.717, 1.165) is 23.4 Å². The van der Waals surface area contributed by atoms with E-state index in [1.165, 1.54) is 0 Å². The number of carbonyl (C=O) groups is 2. The molecule has 0 radical (unpaired) electrons. The molecule has 7 heteroatoms. The molecule has 198 valence electrons. The lowest BCUT2D eigenvalue weighted by atomic mass is 9.95. The number of para-hydroxylation sites is 1. The summed E-state index contributed by atoms with van der Waals surface area (Å²) in [5.74, 6) is 0.0382. The van der Waals surface area contributed by atoms with Gasteiger partial charge in [0.2, 0.25) is 0 Å². The zero-order chi connectivity index (χ0) is 27.1. The van der Waals surface area contributed by atoms with Gasteiger partial charge >= 0.3 is 0 Å². The van der Waals surface area contributed by atoms with Crippen LogP contribution in [0.2, 0.25) is 0 Å². The second-order valence-corrected chi connectivity index (χ2v) is 9.55. The van der Waals surface area contributed by atoms with Gasteiger partial charge < -0.3 is 24.4 Å². The Balaban J connectivity index is 1.53. The number of Topliss-reactive ketones (excluding diaryl/α,β-unsaturated/α-hetero) is 1. The Morgan fingerprint density at radius 1 is 0.895 bits per heavy atom. The van der Waals surface area contributed by atoms with Gasteiger partial charge in [0.05, 0.1) is 11.6 Å². The molecule has 3 aromatic carbocycles. The Labute approximate surface area is 223 Å². The van der Waals surface area contributed by atoms with Crippen LogP contribution >= 0.6 is 0 Å². The minimum absolute atomic E-state index is 0.103. The van der Waals surface area contributed by atoms with Gasteiger partial charge in [0.25, 0.3) is 11.7 Å². The highest BCUT2D eigenvalue weighted by molar-refractivity contribution is 6.46. The van der Waals surface area contributed by atoms with Crippen LogP contribution < -0.4 is 9.47 Å². The Kier molecular flexibility index (Phi) is 8.81. The van der Waals surface area contributed by atoms with E-state index in [4.69, 9.17) is 9.47 Å². The van der Waals surface area contributed by atoms with Crippen LogP contribution in [0.3, 0.4) is 0 Å². The van der Waals surface area contributed by atoms with E-state index in [1.54, 1.807) is 29.2 Å². The molecular formula is C31H34N2O5. The van der Waals surface area contributed by atoms with Crippen molar-refractivity contribution in [2.24, 2.45) is 0 Å². The van der Waals surface area contributed by atoms with Gasteiger partial charge in [-0.3, -0.25) is 9.59 Å². The summed E-state index contributed by atoms with van der Waals surface area (Å²) < 4.78 is 11.6. The Morgan fingerprint density at radius 3 is 2.24 bits per heavy atom. The molecule has 1 fully saturated rings. The van der Waals surface area contributed by atoms with Crippen molar-refractivity contribution in [2.75, 3.05) is 40.4 Å². The Hall–Kier alpha value is -4.10. The van der Waals surface area contributed by atoms with Gasteiger partial charge in [-0.05, 0) is 63.3 Å². The number of rotatable bonds is 11. The van der Waals surface area contributed by atoms with Crippen molar-refractivity contribution >= 4 is 17.4 Å². The SMILES string of the molecule is Cc1ccccc1OCCOc1ccc([C@@H]2C(=C(O)c3ccccc3)C(=O)C(=O)N2CCCN(C)C)cc1. The zero-order valence-electron chi connectivity index (χ0n) is 22.1. The number of aryl methyl sites for hydroxylation is 1. The number of nitrogens with zero attached hydrogens (tertiary/aromatic N) is 2.